The van der Waals surface area contributed by atoms with Crippen molar-refractivity contribution in [2.24, 2.45) is 0 Å². The number of aromatic amines is 1. The van der Waals surface area contributed by atoms with E-state index in [2.05, 4.69) is 45.4 Å². The lowest BCUT2D eigenvalue weighted by atomic mass is 9.87. The van der Waals surface area contributed by atoms with E-state index >= 15 is 0 Å². The summed E-state index contributed by atoms with van der Waals surface area (Å²) < 4.78 is 0. The van der Waals surface area contributed by atoms with Gasteiger partial charge in [-0.05, 0) is 91.7 Å². The second-order valence-electron chi connectivity index (χ2n) is 9.61. The number of aromatic nitrogens is 3. The first-order valence-electron chi connectivity index (χ1n) is 12.1. The fraction of sp³-hybridized carbons (Fsp3) is 0.321. The Bertz CT molecular complexity index is 1400. The van der Waals surface area contributed by atoms with Crippen molar-refractivity contribution in [3.63, 3.8) is 0 Å². The zero-order valence-electron chi connectivity index (χ0n) is 19.7. The van der Waals surface area contributed by atoms with Crippen LogP contribution in [0.4, 0.5) is 0 Å². The van der Waals surface area contributed by atoms with E-state index in [4.69, 9.17) is 0 Å². The summed E-state index contributed by atoms with van der Waals surface area (Å²) in [6.45, 7) is 6.45. The summed E-state index contributed by atoms with van der Waals surface area (Å²) >= 11 is 0. The maximum Gasteiger partial charge on any atom is 0.254 e. The summed E-state index contributed by atoms with van der Waals surface area (Å²) in [4.78, 5) is 27.4. The van der Waals surface area contributed by atoms with E-state index in [0.717, 1.165) is 48.4 Å². The summed E-state index contributed by atoms with van der Waals surface area (Å²) in [7, 11) is 0. The van der Waals surface area contributed by atoms with E-state index in [-0.39, 0.29) is 5.91 Å². The number of aryl methyl sites for hydroxylation is 2. The normalized spacial score (nSPS) is 17.8. The topological polar surface area (TPSA) is 73.9 Å². The van der Waals surface area contributed by atoms with Gasteiger partial charge in [0.05, 0.1) is 0 Å². The second kappa shape index (κ2) is 8.37. The largest absolute Gasteiger partial charge is 0.346 e. The summed E-state index contributed by atoms with van der Waals surface area (Å²) in [6.07, 6.45) is 8.86. The van der Waals surface area contributed by atoms with Crippen LogP contribution in [-0.4, -0.2) is 38.8 Å². The lowest BCUT2D eigenvalue weighted by Crippen LogP contribution is -2.37. The predicted molar refractivity (Wildman–Crippen MR) is 134 cm³/mol. The highest BCUT2D eigenvalue weighted by Gasteiger charge is 2.28. The highest BCUT2D eigenvalue weighted by atomic mass is 16.2. The third-order valence-electron chi connectivity index (χ3n) is 7.31. The van der Waals surface area contributed by atoms with Crippen LogP contribution in [0.2, 0.25) is 0 Å². The Balaban J connectivity index is 1.40. The molecule has 1 saturated heterocycles. The van der Waals surface area contributed by atoms with Gasteiger partial charge in [0.1, 0.15) is 5.65 Å². The Morgan fingerprint density at radius 3 is 2.85 bits per heavy atom. The maximum absolute atomic E-state index is 13.3. The van der Waals surface area contributed by atoms with Crippen LogP contribution in [0.25, 0.3) is 22.2 Å². The molecule has 4 aromatic rings. The summed E-state index contributed by atoms with van der Waals surface area (Å²) in [5.41, 5.74) is 10.1. The van der Waals surface area contributed by atoms with Gasteiger partial charge in [-0.2, -0.15) is 0 Å². The van der Waals surface area contributed by atoms with Crippen LogP contribution in [0.15, 0.2) is 48.9 Å². The van der Waals surface area contributed by atoms with Crippen molar-refractivity contribution < 1.29 is 4.79 Å². The zero-order chi connectivity index (χ0) is 23.2. The highest BCUT2D eigenvalue weighted by molar-refractivity contribution is 5.94. The minimum absolute atomic E-state index is 0.0862. The molecule has 3 aromatic heterocycles. The van der Waals surface area contributed by atoms with Crippen LogP contribution in [0.5, 0.6) is 0 Å². The number of nitrogens with zero attached hydrogens (tertiary/aromatic N) is 3. The van der Waals surface area contributed by atoms with Crippen LogP contribution in [0.3, 0.4) is 0 Å². The molecule has 1 fully saturated rings. The van der Waals surface area contributed by atoms with E-state index in [1.54, 1.807) is 6.20 Å². The lowest BCUT2D eigenvalue weighted by molar-refractivity contribution is 0.0733. The maximum atomic E-state index is 13.3. The first kappa shape index (κ1) is 21.1. The molecule has 0 spiro atoms. The molecule has 5 heterocycles. The van der Waals surface area contributed by atoms with Crippen molar-refractivity contribution in [1.82, 2.24) is 25.2 Å². The molecule has 2 aliphatic rings. The minimum atomic E-state index is 0.0862. The molecule has 6 heteroatoms. The van der Waals surface area contributed by atoms with E-state index in [1.165, 1.54) is 39.6 Å². The molecule has 6 nitrogen and oxygen atoms in total. The highest BCUT2D eigenvalue weighted by Crippen LogP contribution is 2.36. The molecule has 2 aliphatic heterocycles. The van der Waals surface area contributed by atoms with Crippen LogP contribution in [-0.2, 0) is 13.0 Å². The van der Waals surface area contributed by atoms with Gasteiger partial charge in [0, 0.05) is 59.9 Å². The number of rotatable bonds is 3. The zero-order valence-corrected chi connectivity index (χ0v) is 19.7. The number of benzene rings is 1. The van der Waals surface area contributed by atoms with Gasteiger partial charge in [-0.25, -0.2) is 4.98 Å². The number of nitrogens with one attached hydrogen (secondary N) is 2. The SMILES string of the molecule is Cc1cc(C(=O)N2CCc3cc(-c4cnc5[nH]cc(C)c5c4)cc([C@@H]4CCCN4)c3C2)ccn1. The molecule has 6 rings (SSSR count). The molecule has 0 unspecified atom stereocenters. The summed E-state index contributed by atoms with van der Waals surface area (Å²) in [6, 6.07) is 10.9. The molecule has 0 radical (unpaired) electrons. The van der Waals surface area contributed by atoms with Gasteiger partial charge >= 0.3 is 0 Å². The number of amides is 1. The number of hydrogen-bond acceptors (Lipinski definition) is 4. The number of pyridine rings is 2. The van der Waals surface area contributed by atoms with Gasteiger partial charge in [-0.1, -0.05) is 6.07 Å². The van der Waals surface area contributed by atoms with Crippen LogP contribution in [0.1, 0.15) is 57.2 Å². The van der Waals surface area contributed by atoms with Crippen molar-refractivity contribution >= 4 is 16.9 Å². The van der Waals surface area contributed by atoms with Crippen molar-refractivity contribution in [2.75, 3.05) is 13.1 Å². The van der Waals surface area contributed by atoms with Gasteiger partial charge < -0.3 is 15.2 Å². The van der Waals surface area contributed by atoms with Crippen molar-refractivity contribution in [3.05, 3.63) is 82.4 Å². The van der Waals surface area contributed by atoms with Crippen LogP contribution in [0, 0.1) is 13.8 Å². The molecule has 0 bridgehead atoms. The smallest absolute Gasteiger partial charge is 0.254 e. The Morgan fingerprint density at radius 2 is 2.03 bits per heavy atom. The number of fused-ring (bicyclic) bond motifs is 2. The van der Waals surface area contributed by atoms with Gasteiger partial charge in [0.15, 0.2) is 0 Å². The second-order valence-corrected chi connectivity index (χ2v) is 9.61. The van der Waals surface area contributed by atoms with Gasteiger partial charge in [0.25, 0.3) is 5.91 Å². The standard InChI is InChI=1S/C28H29N5O/c1-17-14-31-27-23(17)13-22(15-32-27)21-11-19-6-9-33(28(34)20-5-8-29-18(2)10-20)16-25(19)24(12-21)26-4-3-7-30-26/h5,8,10-15,26,30H,3-4,6-7,9,16H2,1-2H3,(H,31,32)/t26-/m0/s1. The van der Waals surface area contributed by atoms with Crippen LogP contribution >= 0.6 is 0 Å². The molecule has 1 aromatic carbocycles. The molecular formula is C28H29N5O. The predicted octanol–water partition coefficient (Wildman–Crippen LogP) is 4.86. The molecule has 2 N–H and O–H groups in total. The lowest BCUT2D eigenvalue weighted by Gasteiger charge is -2.32. The summed E-state index contributed by atoms with van der Waals surface area (Å²) in [5, 5.41) is 4.85. The van der Waals surface area contributed by atoms with Crippen LogP contribution < -0.4 is 5.32 Å². The van der Waals surface area contributed by atoms with Crippen molar-refractivity contribution in [1.29, 1.82) is 0 Å². The van der Waals surface area contributed by atoms with E-state index in [1.807, 2.05) is 36.4 Å². The molecule has 0 aliphatic carbocycles. The minimum Gasteiger partial charge on any atom is -0.346 e. The molecule has 172 valence electrons. The molecule has 34 heavy (non-hydrogen) atoms. The quantitative estimate of drug-likeness (QED) is 0.466. The first-order valence-corrected chi connectivity index (χ1v) is 12.1. The average Bonchev–Trinajstić information content (AvgIpc) is 3.53. The Hall–Kier alpha value is -3.51. The summed E-state index contributed by atoms with van der Waals surface area (Å²) in [5.74, 6) is 0.0862. The van der Waals surface area contributed by atoms with Gasteiger partial charge in [-0.15, -0.1) is 0 Å². The molecule has 0 saturated carbocycles. The number of carbonyl (C=O) groups excluding carboxylic acids is 1. The van der Waals surface area contributed by atoms with E-state index in [9.17, 15) is 4.79 Å². The van der Waals surface area contributed by atoms with Gasteiger partial charge in [0.2, 0.25) is 0 Å². The Labute approximate surface area is 199 Å². The number of carbonyl (C=O) groups is 1. The van der Waals surface area contributed by atoms with Gasteiger partial charge in [-0.3, -0.25) is 9.78 Å². The molecule has 1 atom stereocenters. The first-order chi connectivity index (χ1) is 16.6. The van der Waals surface area contributed by atoms with E-state index < -0.39 is 0 Å². The average molecular weight is 452 g/mol. The fourth-order valence-corrected chi connectivity index (χ4v) is 5.45. The number of H-pyrrole nitrogens is 1. The van der Waals surface area contributed by atoms with Crippen molar-refractivity contribution in [3.8, 4) is 11.1 Å². The Morgan fingerprint density at radius 1 is 1.12 bits per heavy atom. The number of hydrogen-bond donors (Lipinski definition) is 2. The molecular weight excluding hydrogens is 422 g/mol. The third kappa shape index (κ3) is 3.68. The fourth-order valence-electron chi connectivity index (χ4n) is 5.45. The monoisotopic (exact) mass is 451 g/mol. The van der Waals surface area contributed by atoms with Crippen molar-refractivity contribution in [2.45, 2.75) is 45.7 Å². The third-order valence-corrected chi connectivity index (χ3v) is 7.31. The van der Waals surface area contributed by atoms with E-state index in [0.29, 0.717) is 12.6 Å². The Kier molecular flexibility index (Phi) is 5.18. The molecule has 1 amide bonds.